The zero-order valence-corrected chi connectivity index (χ0v) is 16.1. The molecule has 2 aromatic carbocycles. The number of amides is 1. The maximum absolute atomic E-state index is 12.8. The van der Waals surface area contributed by atoms with E-state index in [4.69, 9.17) is 0 Å². The van der Waals surface area contributed by atoms with Crippen LogP contribution in [0.5, 0.6) is 0 Å². The molecule has 30 heavy (non-hydrogen) atoms. The molecule has 0 saturated carbocycles. The molecule has 0 unspecified atom stereocenters. The van der Waals surface area contributed by atoms with E-state index in [1.165, 1.54) is 11.8 Å². The largest absolute Gasteiger partial charge is 0.477 e. The van der Waals surface area contributed by atoms with E-state index in [2.05, 4.69) is 0 Å². The molecule has 2 aliphatic heterocycles. The number of carbonyl (C=O) groups is 3. The first-order valence-corrected chi connectivity index (χ1v) is 9.75. The zero-order valence-electron chi connectivity index (χ0n) is 16.1. The molecule has 0 bridgehead atoms. The number of aliphatic carboxylic acids is 1. The predicted octanol–water partition coefficient (Wildman–Crippen LogP) is 1.80. The summed E-state index contributed by atoms with van der Waals surface area (Å²) in [6, 6.07) is 10.1. The summed E-state index contributed by atoms with van der Waals surface area (Å²) in [5.74, 6) is -2.41. The van der Waals surface area contributed by atoms with Gasteiger partial charge in [0, 0.05) is 11.1 Å². The molecule has 3 N–H and O–H groups in total. The van der Waals surface area contributed by atoms with E-state index in [0.717, 1.165) is 5.56 Å². The van der Waals surface area contributed by atoms with Gasteiger partial charge in [0.15, 0.2) is 5.78 Å². The van der Waals surface area contributed by atoms with Gasteiger partial charge in [-0.2, -0.15) is 0 Å². The number of hydrogen-bond acceptors (Lipinski definition) is 5. The second kappa shape index (κ2) is 6.35. The Bertz CT molecular complexity index is 1180. The highest BCUT2D eigenvalue weighted by Crippen LogP contribution is 2.48. The van der Waals surface area contributed by atoms with Crippen molar-refractivity contribution >= 4 is 23.2 Å². The lowest BCUT2D eigenvalue weighted by Crippen LogP contribution is -2.61. The van der Waals surface area contributed by atoms with E-state index in [1.54, 1.807) is 24.3 Å². The number of carboxylic acid groups (broad SMARTS) is 1. The molecule has 3 aliphatic rings. The number of nitrogens with zero attached hydrogens (tertiary/aromatic N) is 1. The van der Waals surface area contributed by atoms with Crippen LogP contribution in [-0.4, -0.2) is 50.0 Å². The minimum absolute atomic E-state index is 0.0941. The van der Waals surface area contributed by atoms with Crippen LogP contribution in [0.4, 0.5) is 0 Å². The lowest BCUT2D eigenvalue weighted by molar-refractivity contribution is -0.161. The molecule has 1 fully saturated rings. The summed E-state index contributed by atoms with van der Waals surface area (Å²) < 4.78 is 0. The molecule has 152 valence electrons. The summed E-state index contributed by atoms with van der Waals surface area (Å²) in [5, 5.41) is 29.7. The summed E-state index contributed by atoms with van der Waals surface area (Å²) in [4.78, 5) is 38.6. The first-order valence-electron chi connectivity index (χ1n) is 9.75. The SMILES string of the molecule is C[C@@H](O)[C@H]1C(=O)N2C(C(=O)O)=C(c3cc(CO)c4c(c3)-c3ccccc3C4=O)C[C@H]12. The molecule has 7 nitrogen and oxygen atoms in total. The third kappa shape index (κ3) is 2.30. The Hall–Kier alpha value is -3.29. The molecule has 3 atom stereocenters. The van der Waals surface area contributed by atoms with Gasteiger partial charge in [0.25, 0.3) is 0 Å². The van der Waals surface area contributed by atoms with Crippen molar-refractivity contribution in [3.05, 3.63) is 64.3 Å². The van der Waals surface area contributed by atoms with Crippen LogP contribution < -0.4 is 0 Å². The van der Waals surface area contributed by atoms with E-state index in [0.29, 0.717) is 39.8 Å². The van der Waals surface area contributed by atoms with Crippen molar-refractivity contribution in [2.24, 2.45) is 5.92 Å². The lowest BCUT2D eigenvalue weighted by Gasteiger charge is -2.44. The number of ketones is 1. The van der Waals surface area contributed by atoms with Gasteiger partial charge in [-0.25, -0.2) is 4.79 Å². The molecule has 1 saturated heterocycles. The fourth-order valence-corrected chi connectivity index (χ4v) is 5.06. The highest BCUT2D eigenvalue weighted by molar-refractivity contribution is 6.22. The smallest absolute Gasteiger partial charge is 0.352 e. The summed E-state index contributed by atoms with van der Waals surface area (Å²) >= 11 is 0. The van der Waals surface area contributed by atoms with Crippen LogP contribution in [0.1, 0.15) is 40.4 Å². The van der Waals surface area contributed by atoms with Crippen molar-refractivity contribution < 1.29 is 29.7 Å². The number of β-lactam (4-membered cyclic amide) rings is 1. The Kier molecular flexibility index (Phi) is 3.96. The van der Waals surface area contributed by atoms with Crippen LogP contribution in [0, 0.1) is 5.92 Å². The van der Waals surface area contributed by atoms with Crippen molar-refractivity contribution in [2.45, 2.75) is 32.1 Å². The van der Waals surface area contributed by atoms with Crippen molar-refractivity contribution in [1.29, 1.82) is 0 Å². The monoisotopic (exact) mass is 405 g/mol. The Balaban J connectivity index is 1.69. The molecule has 0 spiro atoms. The summed E-state index contributed by atoms with van der Waals surface area (Å²) in [6.07, 6.45) is -0.576. The molecule has 2 heterocycles. The van der Waals surface area contributed by atoms with Crippen molar-refractivity contribution in [1.82, 2.24) is 4.90 Å². The highest BCUT2D eigenvalue weighted by Gasteiger charge is 2.56. The van der Waals surface area contributed by atoms with Gasteiger partial charge in [-0.15, -0.1) is 0 Å². The number of rotatable bonds is 4. The molecule has 7 heteroatoms. The zero-order chi connectivity index (χ0) is 21.3. The number of hydrogen-bond donors (Lipinski definition) is 3. The van der Waals surface area contributed by atoms with Gasteiger partial charge < -0.3 is 20.2 Å². The maximum atomic E-state index is 12.8. The number of aliphatic hydroxyl groups excluding tert-OH is 2. The van der Waals surface area contributed by atoms with Crippen LogP contribution in [0.15, 0.2) is 42.1 Å². The Morgan fingerprint density at radius 3 is 2.50 bits per heavy atom. The standard InChI is InChI=1S/C23H19NO6/c1-10(26)18-17-8-15(20(23(29)30)24(17)22(18)28)11-6-12(9-25)19-16(7-11)13-4-2-3-5-14(13)21(19)27/h2-7,10,17-18,25-26H,8-9H2,1H3,(H,29,30)/t10-,17-,18-/m1/s1. The van der Waals surface area contributed by atoms with E-state index in [9.17, 15) is 29.7 Å². The van der Waals surface area contributed by atoms with E-state index in [-0.39, 0.29) is 18.1 Å². The average Bonchev–Trinajstić information content (AvgIpc) is 3.21. The molecular weight excluding hydrogens is 386 g/mol. The third-order valence-corrected chi connectivity index (χ3v) is 6.36. The van der Waals surface area contributed by atoms with Gasteiger partial charge in [0.1, 0.15) is 5.70 Å². The van der Waals surface area contributed by atoms with Gasteiger partial charge in [-0.1, -0.05) is 24.3 Å². The van der Waals surface area contributed by atoms with E-state index < -0.39 is 29.9 Å². The van der Waals surface area contributed by atoms with Crippen molar-refractivity contribution in [3.63, 3.8) is 0 Å². The summed E-state index contributed by atoms with van der Waals surface area (Å²) in [5.41, 5.74) is 3.74. The molecule has 1 amide bonds. The lowest BCUT2D eigenvalue weighted by atomic mass is 9.82. The van der Waals surface area contributed by atoms with E-state index >= 15 is 0 Å². The minimum Gasteiger partial charge on any atom is -0.477 e. The quantitative estimate of drug-likeness (QED) is 0.570. The van der Waals surface area contributed by atoms with Gasteiger partial charge in [-0.3, -0.25) is 9.59 Å². The number of fused-ring (bicyclic) bond motifs is 4. The van der Waals surface area contributed by atoms with Crippen LogP contribution in [0.3, 0.4) is 0 Å². The van der Waals surface area contributed by atoms with Crippen LogP contribution >= 0.6 is 0 Å². The first-order chi connectivity index (χ1) is 14.3. The van der Waals surface area contributed by atoms with Crippen molar-refractivity contribution in [2.75, 3.05) is 0 Å². The normalized spacial score (nSPS) is 22.6. The Morgan fingerprint density at radius 1 is 1.17 bits per heavy atom. The maximum Gasteiger partial charge on any atom is 0.352 e. The molecule has 0 radical (unpaired) electrons. The summed E-state index contributed by atoms with van der Waals surface area (Å²) in [7, 11) is 0. The van der Waals surface area contributed by atoms with Crippen LogP contribution in [-0.2, 0) is 16.2 Å². The van der Waals surface area contributed by atoms with Gasteiger partial charge in [0.05, 0.1) is 24.7 Å². The van der Waals surface area contributed by atoms with Crippen LogP contribution in [0.2, 0.25) is 0 Å². The number of carboxylic acids is 1. The first kappa shape index (κ1) is 18.7. The van der Waals surface area contributed by atoms with Gasteiger partial charge in [-0.05, 0) is 53.3 Å². The van der Waals surface area contributed by atoms with Crippen molar-refractivity contribution in [3.8, 4) is 11.1 Å². The van der Waals surface area contributed by atoms with Gasteiger partial charge in [0.2, 0.25) is 5.91 Å². The predicted molar refractivity (Wildman–Crippen MR) is 106 cm³/mol. The fraction of sp³-hybridized carbons (Fsp3) is 0.261. The molecule has 5 rings (SSSR count). The van der Waals surface area contributed by atoms with Gasteiger partial charge >= 0.3 is 5.97 Å². The highest BCUT2D eigenvalue weighted by atomic mass is 16.4. The molecule has 2 aromatic rings. The van der Waals surface area contributed by atoms with E-state index in [1.807, 2.05) is 12.1 Å². The molecular formula is C23H19NO6. The number of benzene rings is 2. The topological polar surface area (TPSA) is 115 Å². The average molecular weight is 405 g/mol. The molecule has 1 aliphatic carbocycles. The second-order valence-corrected chi connectivity index (χ2v) is 7.97. The van der Waals surface area contributed by atoms with Crippen LogP contribution in [0.25, 0.3) is 16.7 Å². The number of aliphatic hydroxyl groups is 2. The number of carbonyl (C=O) groups excluding carboxylic acids is 2. The Labute approximate surface area is 171 Å². The fourth-order valence-electron chi connectivity index (χ4n) is 5.06. The second-order valence-electron chi connectivity index (χ2n) is 7.97. The molecule has 0 aromatic heterocycles. The minimum atomic E-state index is -1.22. The Morgan fingerprint density at radius 2 is 1.87 bits per heavy atom. The summed E-state index contributed by atoms with van der Waals surface area (Å²) in [6.45, 7) is 1.16. The third-order valence-electron chi connectivity index (χ3n) is 6.36.